The molecular weight excluding hydrogens is 312 g/mol. The third kappa shape index (κ3) is 5.79. The summed E-state index contributed by atoms with van der Waals surface area (Å²) >= 11 is 5.99. The monoisotopic (exact) mass is 332 g/mol. The highest BCUT2D eigenvalue weighted by molar-refractivity contribution is 6.30. The zero-order chi connectivity index (χ0) is 16.5. The van der Waals surface area contributed by atoms with Gasteiger partial charge in [-0.2, -0.15) is 0 Å². The second-order valence-electron chi connectivity index (χ2n) is 4.85. The van der Waals surface area contributed by atoms with Crippen molar-refractivity contribution in [2.45, 2.75) is 20.0 Å². The molecule has 0 saturated heterocycles. The van der Waals surface area contributed by atoms with Gasteiger partial charge in [-0.1, -0.05) is 29.8 Å². The van der Waals surface area contributed by atoms with Crippen molar-refractivity contribution in [3.8, 4) is 5.88 Å². The molecule has 0 aliphatic rings. The van der Waals surface area contributed by atoms with E-state index in [0.29, 0.717) is 19.0 Å². The molecule has 0 unspecified atom stereocenters. The molecule has 0 aliphatic carbocycles. The largest absolute Gasteiger partial charge is 0.481 e. The molecule has 2 rings (SSSR count). The summed E-state index contributed by atoms with van der Waals surface area (Å²) in [5.74, 6) is 1.34. The molecule has 2 N–H and O–H groups in total. The third-order valence-corrected chi connectivity index (χ3v) is 3.32. The van der Waals surface area contributed by atoms with Gasteiger partial charge >= 0.3 is 0 Å². The Morgan fingerprint density at radius 3 is 2.78 bits per heavy atom. The van der Waals surface area contributed by atoms with Crippen molar-refractivity contribution in [2.75, 3.05) is 13.7 Å². The maximum Gasteiger partial charge on any atom is 0.213 e. The lowest BCUT2D eigenvalue weighted by molar-refractivity contribution is 0.396. The molecule has 0 aliphatic heterocycles. The van der Waals surface area contributed by atoms with Crippen molar-refractivity contribution in [3.63, 3.8) is 0 Å². The number of nitrogens with zero attached hydrogens (tertiary/aromatic N) is 2. The molecule has 0 spiro atoms. The van der Waals surface area contributed by atoms with Gasteiger partial charge in [0.2, 0.25) is 5.88 Å². The Labute approximate surface area is 141 Å². The molecule has 122 valence electrons. The standard InChI is InChI=1S/C17H21ClN4O/c1-3-19-17(20-11-13-6-4-7-14(18)10-13)21-12-15-8-5-9-16(22-15)23-2/h4-10H,3,11-12H2,1-2H3,(H2,19,20,21). The molecule has 5 nitrogen and oxygen atoms in total. The molecule has 2 aromatic rings. The van der Waals surface area contributed by atoms with E-state index in [0.717, 1.165) is 28.8 Å². The van der Waals surface area contributed by atoms with Crippen molar-refractivity contribution in [2.24, 2.45) is 4.99 Å². The fraction of sp³-hybridized carbons (Fsp3) is 0.294. The molecular formula is C17H21ClN4O. The number of benzene rings is 1. The number of ether oxygens (including phenoxy) is 1. The molecule has 6 heteroatoms. The predicted molar refractivity (Wildman–Crippen MR) is 93.9 cm³/mol. The quantitative estimate of drug-likeness (QED) is 0.630. The summed E-state index contributed by atoms with van der Waals surface area (Å²) in [7, 11) is 1.61. The lowest BCUT2D eigenvalue weighted by atomic mass is 10.2. The summed E-state index contributed by atoms with van der Waals surface area (Å²) < 4.78 is 5.13. The van der Waals surface area contributed by atoms with Gasteiger partial charge in [-0.25, -0.2) is 9.98 Å². The molecule has 23 heavy (non-hydrogen) atoms. The van der Waals surface area contributed by atoms with Crippen LogP contribution in [0.4, 0.5) is 0 Å². The van der Waals surface area contributed by atoms with Crippen LogP contribution in [0.2, 0.25) is 5.02 Å². The van der Waals surface area contributed by atoms with E-state index >= 15 is 0 Å². The fourth-order valence-corrected chi connectivity index (χ4v) is 2.20. The van der Waals surface area contributed by atoms with Crippen LogP contribution in [-0.2, 0) is 13.1 Å². The molecule has 0 radical (unpaired) electrons. The fourth-order valence-electron chi connectivity index (χ4n) is 1.99. The van der Waals surface area contributed by atoms with Gasteiger partial charge in [0, 0.05) is 17.6 Å². The maximum atomic E-state index is 5.99. The van der Waals surface area contributed by atoms with Crippen LogP contribution in [0.15, 0.2) is 47.5 Å². The molecule has 0 fully saturated rings. The van der Waals surface area contributed by atoms with E-state index in [1.807, 2.05) is 49.4 Å². The molecule has 1 heterocycles. The van der Waals surface area contributed by atoms with Crippen LogP contribution in [0.1, 0.15) is 18.2 Å². The molecule has 0 bridgehead atoms. The highest BCUT2D eigenvalue weighted by atomic mass is 35.5. The van der Waals surface area contributed by atoms with Gasteiger partial charge < -0.3 is 15.4 Å². The summed E-state index contributed by atoms with van der Waals surface area (Å²) in [5.41, 5.74) is 1.95. The van der Waals surface area contributed by atoms with Crippen LogP contribution in [0, 0.1) is 0 Å². The van der Waals surface area contributed by atoms with E-state index < -0.39 is 0 Å². The lowest BCUT2D eigenvalue weighted by Gasteiger charge is -2.11. The van der Waals surface area contributed by atoms with E-state index in [9.17, 15) is 0 Å². The second-order valence-corrected chi connectivity index (χ2v) is 5.29. The maximum absolute atomic E-state index is 5.99. The van der Waals surface area contributed by atoms with E-state index in [-0.39, 0.29) is 0 Å². The summed E-state index contributed by atoms with van der Waals surface area (Å²) in [6.45, 7) is 3.94. The van der Waals surface area contributed by atoms with Gasteiger partial charge in [0.25, 0.3) is 0 Å². The van der Waals surface area contributed by atoms with Gasteiger partial charge in [-0.05, 0) is 30.7 Å². The van der Waals surface area contributed by atoms with Crippen molar-refractivity contribution >= 4 is 17.6 Å². The average Bonchev–Trinajstić information content (AvgIpc) is 2.57. The number of halogens is 1. The summed E-state index contributed by atoms with van der Waals surface area (Å²) in [6, 6.07) is 13.4. The van der Waals surface area contributed by atoms with Crippen molar-refractivity contribution < 1.29 is 4.74 Å². The molecule has 1 aromatic carbocycles. The van der Waals surface area contributed by atoms with E-state index in [1.54, 1.807) is 7.11 Å². The minimum absolute atomic E-state index is 0.557. The Morgan fingerprint density at radius 1 is 1.22 bits per heavy atom. The number of rotatable bonds is 6. The van der Waals surface area contributed by atoms with E-state index in [2.05, 4.69) is 20.6 Å². The minimum Gasteiger partial charge on any atom is -0.481 e. The number of guanidine groups is 1. The summed E-state index contributed by atoms with van der Waals surface area (Å²) in [6.07, 6.45) is 0. The number of hydrogen-bond acceptors (Lipinski definition) is 3. The Kier molecular flexibility index (Phi) is 6.69. The van der Waals surface area contributed by atoms with Gasteiger partial charge in [0.15, 0.2) is 5.96 Å². The van der Waals surface area contributed by atoms with Crippen LogP contribution in [-0.4, -0.2) is 24.6 Å². The van der Waals surface area contributed by atoms with Gasteiger partial charge in [-0.3, -0.25) is 0 Å². The Hall–Kier alpha value is -2.27. The average molecular weight is 333 g/mol. The number of methoxy groups -OCH3 is 1. The molecule has 0 amide bonds. The highest BCUT2D eigenvalue weighted by Gasteiger charge is 2.01. The van der Waals surface area contributed by atoms with Crippen LogP contribution in [0.25, 0.3) is 0 Å². The SMILES string of the molecule is CCNC(=NCc1cccc(Cl)c1)NCc1cccc(OC)n1. The number of pyridine rings is 1. The van der Waals surface area contributed by atoms with E-state index in [1.165, 1.54) is 0 Å². The Bertz CT molecular complexity index is 661. The number of aromatic nitrogens is 1. The summed E-state index contributed by atoms with van der Waals surface area (Å²) in [4.78, 5) is 8.93. The lowest BCUT2D eigenvalue weighted by Crippen LogP contribution is -2.37. The van der Waals surface area contributed by atoms with Gasteiger partial charge in [0.1, 0.15) is 0 Å². The first-order valence-electron chi connectivity index (χ1n) is 7.48. The number of aliphatic imine (C=N–C) groups is 1. The first kappa shape index (κ1) is 17.1. The van der Waals surface area contributed by atoms with E-state index in [4.69, 9.17) is 16.3 Å². The Morgan fingerprint density at radius 2 is 2.04 bits per heavy atom. The topological polar surface area (TPSA) is 58.5 Å². The van der Waals surface area contributed by atoms with Crippen LogP contribution >= 0.6 is 11.6 Å². The smallest absolute Gasteiger partial charge is 0.213 e. The van der Waals surface area contributed by atoms with Crippen molar-refractivity contribution in [1.29, 1.82) is 0 Å². The van der Waals surface area contributed by atoms with Crippen LogP contribution < -0.4 is 15.4 Å². The molecule has 0 atom stereocenters. The normalized spacial score (nSPS) is 11.2. The number of hydrogen-bond donors (Lipinski definition) is 2. The van der Waals surface area contributed by atoms with Gasteiger partial charge in [-0.15, -0.1) is 0 Å². The minimum atomic E-state index is 0.557. The third-order valence-electron chi connectivity index (χ3n) is 3.08. The number of nitrogens with one attached hydrogen (secondary N) is 2. The first-order valence-corrected chi connectivity index (χ1v) is 7.85. The zero-order valence-corrected chi connectivity index (χ0v) is 14.1. The molecule has 0 saturated carbocycles. The Balaban J connectivity index is 1.98. The second kappa shape index (κ2) is 9.00. The van der Waals surface area contributed by atoms with Crippen molar-refractivity contribution in [1.82, 2.24) is 15.6 Å². The van der Waals surface area contributed by atoms with Crippen LogP contribution in [0.5, 0.6) is 5.88 Å². The summed E-state index contributed by atoms with van der Waals surface area (Å²) in [5, 5.41) is 7.19. The highest BCUT2D eigenvalue weighted by Crippen LogP contribution is 2.11. The van der Waals surface area contributed by atoms with Gasteiger partial charge in [0.05, 0.1) is 25.9 Å². The van der Waals surface area contributed by atoms with Crippen molar-refractivity contribution in [3.05, 3.63) is 58.7 Å². The predicted octanol–water partition coefficient (Wildman–Crippen LogP) is 3.00. The molecule has 1 aromatic heterocycles. The zero-order valence-electron chi connectivity index (χ0n) is 13.3. The van der Waals surface area contributed by atoms with Crippen LogP contribution in [0.3, 0.4) is 0 Å². The first-order chi connectivity index (χ1) is 11.2.